The molecule has 6 N–H and O–H groups in total. The third kappa shape index (κ3) is 6.06. The first-order valence-corrected chi connectivity index (χ1v) is 10.8. The molecule has 168 valence electrons. The van der Waals surface area contributed by atoms with Gasteiger partial charge in [0.05, 0.1) is 11.5 Å². The number of sulfonamides is 1. The molecular weight excluding hydrogens is 424 g/mol. The van der Waals surface area contributed by atoms with E-state index in [-0.39, 0.29) is 29.6 Å². The highest BCUT2D eigenvalue weighted by molar-refractivity contribution is 7.92. The van der Waals surface area contributed by atoms with Crippen molar-refractivity contribution < 1.29 is 18.0 Å². The van der Waals surface area contributed by atoms with Crippen LogP contribution >= 0.6 is 0 Å². The van der Waals surface area contributed by atoms with Crippen molar-refractivity contribution in [2.75, 3.05) is 18.4 Å². The van der Waals surface area contributed by atoms with Crippen molar-refractivity contribution in [1.29, 1.82) is 5.41 Å². The highest BCUT2D eigenvalue weighted by Crippen LogP contribution is 2.18. The number of amides is 1. The maximum atomic E-state index is 13.0. The van der Waals surface area contributed by atoms with Crippen molar-refractivity contribution in [1.82, 2.24) is 15.4 Å². The van der Waals surface area contributed by atoms with Gasteiger partial charge in [-0.15, -0.1) is 0 Å². The molecule has 0 saturated carbocycles. The summed E-state index contributed by atoms with van der Waals surface area (Å²) in [6.07, 6.45) is 0.0220. The third-order valence-electron chi connectivity index (χ3n) is 4.42. The summed E-state index contributed by atoms with van der Waals surface area (Å²) < 4.78 is 28.8. The fourth-order valence-electron chi connectivity index (χ4n) is 2.84. The van der Waals surface area contributed by atoms with Gasteiger partial charge in [0.2, 0.25) is 11.9 Å². The number of nitrogens with one attached hydrogen (secondary N) is 4. The molecule has 0 aliphatic carbocycles. The van der Waals surface area contributed by atoms with E-state index >= 15 is 0 Å². The van der Waals surface area contributed by atoms with Gasteiger partial charge < -0.3 is 11.1 Å². The number of rotatable bonds is 9. The van der Waals surface area contributed by atoms with Crippen LogP contribution in [-0.4, -0.2) is 38.5 Å². The number of hydrogen-bond acceptors (Lipinski definition) is 6. The summed E-state index contributed by atoms with van der Waals surface area (Å²) >= 11 is 0. The zero-order valence-electron chi connectivity index (χ0n) is 17.4. The van der Waals surface area contributed by atoms with Crippen molar-refractivity contribution in [3.63, 3.8) is 0 Å². The van der Waals surface area contributed by atoms with Crippen LogP contribution in [0.25, 0.3) is 0 Å². The van der Waals surface area contributed by atoms with Crippen LogP contribution in [-0.2, 0) is 19.7 Å². The molecule has 0 radical (unpaired) electrons. The SMILES string of the molecule is CNC(=N)NOCCC(C(N)=O)n1c(C)ccc(NS(=O)(=O)c2cccc(C)c2)c1=O. The Labute approximate surface area is 180 Å². The van der Waals surface area contributed by atoms with E-state index in [2.05, 4.69) is 15.5 Å². The molecular formula is C19H26N6O5S. The number of hydrogen-bond donors (Lipinski definition) is 5. The lowest BCUT2D eigenvalue weighted by Gasteiger charge is -2.20. The number of aromatic nitrogens is 1. The van der Waals surface area contributed by atoms with E-state index in [0.717, 1.165) is 10.1 Å². The second-order valence-corrected chi connectivity index (χ2v) is 8.45. The minimum atomic E-state index is -4.01. The van der Waals surface area contributed by atoms with Crippen LogP contribution in [0, 0.1) is 19.3 Å². The molecule has 31 heavy (non-hydrogen) atoms. The quantitative estimate of drug-likeness (QED) is 0.159. The Morgan fingerprint density at radius 3 is 2.58 bits per heavy atom. The molecule has 2 aromatic rings. The van der Waals surface area contributed by atoms with E-state index < -0.39 is 27.5 Å². The van der Waals surface area contributed by atoms with Gasteiger partial charge in [-0.05, 0) is 43.7 Å². The summed E-state index contributed by atoms with van der Waals surface area (Å²) in [4.78, 5) is 30.2. The molecule has 0 aliphatic heterocycles. The molecule has 1 amide bonds. The van der Waals surface area contributed by atoms with E-state index in [1.165, 1.54) is 31.3 Å². The molecule has 1 atom stereocenters. The van der Waals surface area contributed by atoms with E-state index in [9.17, 15) is 18.0 Å². The van der Waals surface area contributed by atoms with Crippen LogP contribution in [0.5, 0.6) is 0 Å². The molecule has 1 aromatic heterocycles. The van der Waals surface area contributed by atoms with E-state index in [4.69, 9.17) is 16.0 Å². The Morgan fingerprint density at radius 1 is 1.26 bits per heavy atom. The number of aryl methyl sites for hydroxylation is 2. The van der Waals surface area contributed by atoms with E-state index in [1.54, 1.807) is 26.0 Å². The summed E-state index contributed by atoms with van der Waals surface area (Å²) in [6.45, 7) is 3.32. The molecule has 1 unspecified atom stereocenters. The Bertz CT molecular complexity index is 1130. The van der Waals surface area contributed by atoms with Gasteiger partial charge in [0.15, 0.2) is 0 Å². The highest BCUT2D eigenvalue weighted by Gasteiger charge is 2.24. The molecule has 0 saturated heterocycles. The van der Waals surface area contributed by atoms with Gasteiger partial charge in [0.1, 0.15) is 11.7 Å². The fourth-order valence-corrected chi connectivity index (χ4v) is 4.00. The number of hydroxylamine groups is 1. The Kier molecular flexibility index (Phi) is 7.78. The lowest BCUT2D eigenvalue weighted by molar-refractivity contribution is -0.122. The van der Waals surface area contributed by atoms with Gasteiger partial charge in [-0.2, -0.15) is 0 Å². The van der Waals surface area contributed by atoms with Crippen molar-refractivity contribution in [3.05, 3.63) is 58.0 Å². The van der Waals surface area contributed by atoms with Crippen LogP contribution in [0.2, 0.25) is 0 Å². The van der Waals surface area contributed by atoms with Crippen LogP contribution in [0.1, 0.15) is 23.7 Å². The fraction of sp³-hybridized carbons (Fsp3) is 0.316. The number of carbonyl (C=O) groups is 1. The molecule has 2 rings (SSSR count). The largest absolute Gasteiger partial charge is 0.368 e. The number of carbonyl (C=O) groups excluding carboxylic acids is 1. The second-order valence-electron chi connectivity index (χ2n) is 6.77. The second kappa shape index (κ2) is 10.1. The Hall–Kier alpha value is -3.38. The maximum Gasteiger partial charge on any atom is 0.275 e. The van der Waals surface area contributed by atoms with Gasteiger partial charge in [0.25, 0.3) is 15.6 Å². The Balaban J connectivity index is 2.32. The van der Waals surface area contributed by atoms with Crippen LogP contribution in [0.3, 0.4) is 0 Å². The number of nitrogens with zero attached hydrogens (tertiary/aromatic N) is 1. The van der Waals surface area contributed by atoms with Crippen molar-refractivity contribution in [2.45, 2.75) is 31.2 Å². The molecule has 11 nitrogen and oxygen atoms in total. The first kappa shape index (κ1) is 23.9. The topological polar surface area (TPSA) is 168 Å². The molecule has 0 spiro atoms. The van der Waals surface area contributed by atoms with Crippen LogP contribution in [0.15, 0.2) is 46.1 Å². The third-order valence-corrected chi connectivity index (χ3v) is 5.79. The molecule has 0 fully saturated rings. The normalized spacial score (nSPS) is 12.1. The van der Waals surface area contributed by atoms with Gasteiger partial charge in [-0.3, -0.25) is 29.1 Å². The number of pyridine rings is 1. The average Bonchev–Trinajstić information content (AvgIpc) is 2.71. The van der Waals surface area contributed by atoms with Gasteiger partial charge >= 0.3 is 0 Å². The van der Waals surface area contributed by atoms with Crippen molar-refractivity contribution >= 4 is 27.6 Å². The zero-order chi connectivity index (χ0) is 23.2. The van der Waals surface area contributed by atoms with Gasteiger partial charge in [0, 0.05) is 19.2 Å². The number of guanidine groups is 1. The molecule has 0 aliphatic rings. The first-order valence-electron chi connectivity index (χ1n) is 9.32. The smallest absolute Gasteiger partial charge is 0.275 e. The van der Waals surface area contributed by atoms with E-state index in [0.29, 0.717) is 5.69 Å². The standard InChI is InChI=1S/C19H26N6O5S/c1-12-5-4-6-14(11-12)31(28,29)24-15-8-7-13(2)25(18(15)27)16(17(20)26)9-10-30-23-19(21)22-3/h4-8,11,16,24H,9-10H2,1-3H3,(H2,20,26)(H3,21,22,23). The number of nitrogens with two attached hydrogens (primary N) is 1. The summed E-state index contributed by atoms with van der Waals surface area (Å²) in [5, 5.41) is 9.88. The van der Waals surface area contributed by atoms with Crippen LogP contribution < -0.4 is 26.8 Å². The lowest BCUT2D eigenvalue weighted by Crippen LogP contribution is -2.38. The predicted octanol–water partition coefficient (Wildman–Crippen LogP) is 0.358. The molecule has 1 aromatic carbocycles. The number of benzene rings is 1. The minimum Gasteiger partial charge on any atom is -0.368 e. The molecule has 0 bridgehead atoms. The first-order chi connectivity index (χ1) is 14.6. The Morgan fingerprint density at radius 2 is 1.97 bits per heavy atom. The molecule has 1 heterocycles. The van der Waals surface area contributed by atoms with Crippen LogP contribution in [0.4, 0.5) is 5.69 Å². The average molecular weight is 451 g/mol. The molecule has 12 heteroatoms. The summed E-state index contributed by atoms with van der Waals surface area (Å²) in [5.41, 5.74) is 8.05. The van der Waals surface area contributed by atoms with Gasteiger partial charge in [-0.25, -0.2) is 13.9 Å². The highest BCUT2D eigenvalue weighted by atomic mass is 32.2. The van der Waals surface area contributed by atoms with E-state index in [1.807, 2.05) is 0 Å². The zero-order valence-corrected chi connectivity index (χ0v) is 18.2. The maximum absolute atomic E-state index is 13.0. The van der Waals surface area contributed by atoms with Gasteiger partial charge in [-0.1, -0.05) is 12.1 Å². The summed E-state index contributed by atoms with van der Waals surface area (Å²) in [5.74, 6) is -0.868. The number of primary amides is 1. The van der Waals surface area contributed by atoms with Crippen molar-refractivity contribution in [2.24, 2.45) is 5.73 Å². The summed E-state index contributed by atoms with van der Waals surface area (Å²) in [7, 11) is -2.49. The van der Waals surface area contributed by atoms with Crippen molar-refractivity contribution in [3.8, 4) is 0 Å². The number of anilines is 1. The lowest BCUT2D eigenvalue weighted by atomic mass is 10.1. The monoisotopic (exact) mass is 450 g/mol. The summed E-state index contributed by atoms with van der Waals surface area (Å²) in [6, 6.07) is 8.02. The predicted molar refractivity (Wildman–Crippen MR) is 116 cm³/mol. The minimum absolute atomic E-state index is 0.0110.